The van der Waals surface area contributed by atoms with E-state index in [2.05, 4.69) is 38.1 Å². The van der Waals surface area contributed by atoms with E-state index in [0.29, 0.717) is 22.2 Å². The lowest BCUT2D eigenvalue weighted by Gasteiger charge is -2.10. The summed E-state index contributed by atoms with van der Waals surface area (Å²) >= 11 is 8.12. The zero-order valence-corrected chi connectivity index (χ0v) is 13.2. The van der Waals surface area contributed by atoms with Crippen molar-refractivity contribution in [2.45, 2.75) is 6.92 Å². The van der Waals surface area contributed by atoms with Crippen molar-refractivity contribution in [3.05, 3.63) is 38.0 Å². The Bertz CT molecular complexity index is 627. The lowest BCUT2D eigenvalue weighted by Crippen LogP contribution is -2.14. The summed E-state index contributed by atoms with van der Waals surface area (Å²) in [6, 6.07) is 3.31. The van der Waals surface area contributed by atoms with Crippen LogP contribution in [0.5, 0.6) is 5.75 Å². The first-order valence-corrected chi connectivity index (χ1v) is 6.83. The lowest BCUT2D eigenvalue weighted by atomic mass is 10.2. The number of aryl methyl sites for hydroxylation is 1. The molecular weight excluding hydrogens is 381 g/mol. The number of aromatic amines is 1. The zero-order chi connectivity index (χ0) is 14.0. The van der Waals surface area contributed by atoms with E-state index in [0.717, 1.165) is 9.13 Å². The quantitative estimate of drug-likeness (QED) is 0.790. The van der Waals surface area contributed by atoms with Crippen molar-refractivity contribution in [3.8, 4) is 5.75 Å². The Morgan fingerprint density at radius 3 is 2.84 bits per heavy atom. The van der Waals surface area contributed by atoms with Crippen LogP contribution in [0.2, 0.25) is 5.02 Å². The van der Waals surface area contributed by atoms with Gasteiger partial charge in [0.25, 0.3) is 5.91 Å². The van der Waals surface area contributed by atoms with Crippen LogP contribution in [0.25, 0.3) is 0 Å². The first-order valence-electron chi connectivity index (χ1n) is 5.37. The molecule has 0 aliphatic carbocycles. The van der Waals surface area contributed by atoms with Gasteiger partial charge < -0.3 is 10.1 Å². The average molecular weight is 392 g/mol. The number of H-pyrrole nitrogens is 1. The molecular formula is C12H11ClIN3O2. The van der Waals surface area contributed by atoms with Crippen molar-refractivity contribution in [1.29, 1.82) is 0 Å². The SMILES string of the molecule is COc1cc(I)c(Cl)cc1C(=O)Nc1[nH]ncc1C. The Morgan fingerprint density at radius 1 is 1.53 bits per heavy atom. The topological polar surface area (TPSA) is 67.0 Å². The van der Waals surface area contributed by atoms with Crippen LogP contribution < -0.4 is 10.1 Å². The highest BCUT2D eigenvalue weighted by Gasteiger charge is 2.16. The second kappa shape index (κ2) is 5.79. The van der Waals surface area contributed by atoms with Crippen LogP contribution in [0.3, 0.4) is 0 Å². The summed E-state index contributed by atoms with van der Waals surface area (Å²) in [6.07, 6.45) is 1.63. The van der Waals surface area contributed by atoms with Crippen LogP contribution in [0, 0.1) is 10.5 Å². The maximum atomic E-state index is 12.2. The third-order valence-corrected chi connectivity index (χ3v) is 4.08. The number of nitrogens with zero attached hydrogens (tertiary/aromatic N) is 1. The fourth-order valence-corrected chi connectivity index (χ4v) is 2.13. The number of ether oxygens (including phenoxy) is 1. The molecule has 2 rings (SSSR count). The smallest absolute Gasteiger partial charge is 0.260 e. The molecule has 0 radical (unpaired) electrons. The van der Waals surface area contributed by atoms with Crippen molar-refractivity contribution in [3.63, 3.8) is 0 Å². The molecule has 7 heteroatoms. The Balaban J connectivity index is 2.33. The van der Waals surface area contributed by atoms with Crippen LogP contribution in [-0.2, 0) is 0 Å². The molecule has 0 unspecified atom stereocenters. The Kier molecular flexibility index (Phi) is 4.31. The number of anilines is 1. The second-order valence-corrected chi connectivity index (χ2v) is 5.42. The first-order chi connectivity index (χ1) is 9.02. The summed E-state index contributed by atoms with van der Waals surface area (Å²) in [5.74, 6) is 0.729. The standard InChI is InChI=1S/C12H11ClIN3O2/c1-6-5-15-17-11(6)16-12(18)7-3-8(13)9(14)4-10(7)19-2/h3-5H,1-2H3,(H2,15,16,17,18). The highest BCUT2D eigenvalue weighted by atomic mass is 127. The van der Waals surface area contributed by atoms with E-state index >= 15 is 0 Å². The molecule has 0 aliphatic rings. The summed E-state index contributed by atoms with van der Waals surface area (Å²) in [5, 5.41) is 9.79. The second-order valence-electron chi connectivity index (χ2n) is 3.85. The number of amides is 1. The summed E-state index contributed by atoms with van der Waals surface area (Å²) in [7, 11) is 1.51. The van der Waals surface area contributed by atoms with Crippen molar-refractivity contribution in [2.24, 2.45) is 0 Å². The number of carbonyl (C=O) groups is 1. The van der Waals surface area contributed by atoms with Gasteiger partial charge in [0.1, 0.15) is 11.6 Å². The average Bonchev–Trinajstić information content (AvgIpc) is 2.77. The van der Waals surface area contributed by atoms with Gasteiger partial charge in [0.2, 0.25) is 0 Å². The fourth-order valence-electron chi connectivity index (χ4n) is 1.53. The van der Waals surface area contributed by atoms with Gasteiger partial charge in [0, 0.05) is 9.13 Å². The van der Waals surface area contributed by atoms with Crippen LogP contribution in [0.4, 0.5) is 5.82 Å². The van der Waals surface area contributed by atoms with Gasteiger partial charge in [-0.15, -0.1) is 0 Å². The maximum Gasteiger partial charge on any atom is 0.260 e. The van der Waals surface area contributed by atoms with E-state index < -0.39 is 0 Å². The van der Waals surface area contributed by atoms with Crippen molar-refractivity contribution in [1.82, 2.24) is 10.2 Å². The van der Waals surface area contributed by atoms with Crippen LogP contribution >= 0.6 is 34.2 Å². The molecule has 0 atom stereocenters. The van der Waals surface area contributed by atoms with Gasteiger partial charge in [0.15, 0.2) is 0 Å². The first kappa shape index (κ1) is 14.1. The normalized spacial score (nSPS) is 10.3. The van der Waals surface area contributed by atoms with Gasteiger partial charge in [-0.25, -0.2) is 0 Å². The van der Waals surface area contributed by atoms with E-state index in [9.17, 15) is 4.79 Å². The Morgan fingerprint density at radius 2 is 2.26 bits per heavy atom. The molecule has 100 valence electrons. The van der Waals surface area contributed by atoms with Gasteiger partial charge in [-0.3, -0.25) is 9.89 Å². The number of hydrogen-bond donors (Lipinski definition) is 2. The molecule has 2 N–H and O–H groups in total. The number of rotatable bonds is 3. The number of halogens is 2. The minimum absolute atomic E-state index is 0.303. The lowest BCUT2D eigenvalue weighted by molar-refractivity contribution is 0.102. The summed E-state index contributed by atoms with van der Waals surface area (Å²) in [6.45, 7) is 1.84. The molecule has 1 aromatic carbocycles. The molecule has 1 heterocycles. The number of nitrogens with one attached hydrogen (secondary N) is 2. The third-order valence-electron chi connectivity index (χ3n) is 2.55. The van der Waals surface area contributed by atoms with Gasteiger partial charge in [0.05, 0.1) is 23.9 Å². The minimum Gasteiger partial charge on any atom is -0.496 e. The molecule has 0 fully saturated rings. The number of benzene rings is 1. The summed E-state index contributed by atoms with van der Waals surface area (Å²) in [4.78, 5) is 12.2. The molecule has 0 aliphatic heterocycles. The molecule has 0 saturated heterocycles. The Hall–Kier alpha value is -1.28. The van der Waals surface area contributed by atoms with Gasteiger partial charge in [-0.05, 0) is 41.6 Å². The van der Waals surface area contributed by atoms with Gasteiger partial charge >= 0.3 is 0 Å². The monoisotopic (exact) mass is 391 g/mol. The molecule has 0 saturated carbocycles. The Labute approximate surface area is 128 Å². The minimum atomic E-state index is -0.303. The number of hydrogen-bond acceptors (Lipinski definition) is 3. The number of aromatic nitrogens is 2. The van der Waals surface area contributed by atoms with Crippen LogP contribution in [0.1, 0.15) is 15.9 Å². The maximum absolute atomic E-state index is 12.2. The van der Waals surface area contributed by atoms with Crippen molar-refractivity contribution < 1.29 is 9.53 Å². The molecule has 2 aromatic rings. The van der Waals surface area contributed by atoms with E-state index in [4.69, 9.17) is 16.3 Å². The highest BCUT2D eigenvalue weighted by Crippen LogP contribution is 2.28. The predicted molar refractivity (Wildman–Crippen MR) is 82.0 cm³/mol. The third kappa shape index (κ3) is 3.01. The van der Waals surface area contributed by atoms with Crippen LogP contribution in [0.15, 0.2) is 18.3 Å². The predicted octanol–water partition coefficient (Wildman–Crippen LogP) is 3.24. The van der Waals surface area contributed by atoms with E-state index in [1.807, 2.05) is 6.92 Å². The number of methoxy groups -OCH3 is 1. The van der Waals surface area contributed by atoms with E-state index in [1.165, 1.54) is 7.11 Å². The largest absolute Gasteiger partial charge is 0.496 e. The summed E-state index contributed by atoms with van der Waals surface area (Å²) < 4.78 is 6.03. The molecule has 19 heavy (non-hydrogen) atoms. The molecule has 1 aromatic heterocycles. The number of carbonyl (C=O) groups excluding carboxylic acids is 1. The molecule has 5 nitrogen and oxygen atoms in total. The van der Waals surface area contributed by atoms with Gasteiger partial charge in [-0.2, -0.15) is 5.10 Å². The molecule has 0 spiro atoms. The van der Waals surface area contributed by atoms with Crippen molar-refractivity contribution >= 4 is 45.9 Å². The highest BCUT2D eigenvalue weighted by molar-refractivity contribution is 14.1. The van der Waals surface area contributed by atoms with E-state index in [-0.39, 0.29) is 5.91 Å². The molecule has 1 amide bonds. The molecule has 0 bridgehead atoms. The fraction of sp³-hybridized carbons (Fsp3) is 0.167. The van der Waals surface area contributed by atoms with Crippen molar-refractivity contribution in [2.75, 3.05) is 12.4 Å². The van der Waals surface area contributed by atoms with E-state index in [1.54, 1.807) is 18.3 Å². The zero-order valence-electron chi connectivity index (χ0n) is 10.3. The van der Waals surface area contributed by atoms with Crippen LogP contribution in [-0.4, -0.2) is 23.2 Å². The van der Waals surface area contributed by atoms with Gasteiger partial charge in [-0.1, -0.05) is 11.6 Å². The summed E-state index contributed by atoms with van der Waals surface area (Å²) in [5.41, 5.74) is 1.23.